The number of carbonyl (C=O) groups is 2. The lowest BCUT2D eigenvalue weighted by Crippen LogP contribution is -2.36. The Bertz CT molecular complexity index is 1090. The van der Waals surface area contributed by atoms with E-state index in [9.17, 15) is 9.59 Å². The molecule has 160 valence electrons. The number of ether oxygens (including phenoxy) is 2. The van der Waals surface area contributed by atoms with Gasteiger partial charge in [0.05, 0.1) is 37.3 Å². The summed E-state index contributed by atoms with van der Waals surface area (Å²) in [6.45, 7) is 4.57. The first kappa shape index (κ1) is 21.0. The Morgan fingerprint density at radius 2 is 1.87 bits per heavy atom. The van der Waals surface area contributed by atoms with E-state index in [0.29, 0.717) is 35.0 Å². The molecule has 7 nitrogen and oxygen atoms in total. The predicted octanol–water partition coefficient (Wildman–Crippen LogP) is 3.99. The fourth-order valence-electron chi connectivity index (χ4n) is 3.43. The molecule has 2 aromatic carbocycles. The van der Waals surface area contributed by atoms with Crippen molar-refractivity contribution in [1.29, 1.82) is 0 Å². The Kier molecular flexibility index (Phi) is 6.29. The van der Waals surface area contributed by atoms with Crippen molar-refractivity contribution in [2.24, 2.45) is 0 Å². The second kappa shape index (κ2) is 9.28. The average molecular weight is 438 g/mol. The minimum atomic E-state index is -0.503. The highest BCUT2D eigenvalue weighted by molar-refractivity contribution is 7.17. The van der Waals surface area contributed by atoms with Gasteiger partial charge in [-0.25, -0.2) is 9.78 Å². The van der Waals surface area contributed by atoms with Gasteiger partial charge in [-0.15, -0.1) is 11.3 Å². The zero-order valence-corrected chi connectivity index (χ0v) is 18.2. The van der Waals surface area contributed by atoms with Gasteiger partial charge in [0.15, 0.2) is 0 Å². The first-order chi connectivity index (χ1) is 15.1. The number of morpholine rings is 1. The van der Waals surface area contributed by atoms with E-state index < -0.39 is 5.97 Å². The summed E-state index contributed by atoms with van der Waals surface area (Å²) in [5.74, 6) is -0.808. The van der Waals surface area contributed by atoms with Crippen LogP contribution in [0.5, 0.6) is 0 Å². The van der Waals surface area contributed by atoms with Crippen LogP contribution in [0.4, 0.5) is 11.4 Å². The molecule has 1 aliphatic rings. The Morgan fingerprint density at radius 3 is 2.58 bits per heavy atom. The van der Waals surface area contributed by atoms with Crippen LogP contribution in [0, 0.1) is 6.92 Å². The van der Waals surface area contributed by atoms with E-state index in [1.807, 2.05) is 36.4 Å². The molecule has 0 spiro atoms. The molecule has 0 aliphatic carbocycles. The molecule has 3 aromatic rings. The van der Waals surface area contributed by atoms with Crippen molar-refractivity contribution in [1.82, 2.24) is 4.98 Å². The lowest BCUT2D eigenvalue weighted by atomic mass is 10.1. The summed E-state index contributed by atoms with van der Waals surface area (Å²) in [5, 5.41) is 3.64. The molecule has 0 saturated carbocycles. The average Bonchev–Trinajstić information content (AvgIpc) is 3.21. The third kappa shape index (κ3) is 4.60. The minimum absolute atomic E-state index is 0.304. The molecule has 1 fully saturated rings. The fraction of sp³-hybridized carbons (Fsp3) is 0.261. The molecular weight excluding hydrogens is 414 g/mol. The second-order valence-electron chi connectivity index (χ2n) is 7.07. The standard InChI is InChI=1S/C23H23N3O4S/c1-15-20(31-22(24-15)16-6-4-3-5-7-16)21(27)25-19-9-8-17(14-18(19)23(28)29-2)26-10-12-30-13-11-26/h3-9,14H,10-13H2,1-2H3,(H,25,27). The largest absolute Gasteiger partial charge is 0.465 e. The number of rotatable bonds is 5. The number of amides is 1. The van der Waals surface area contributed by atoms with E-state index in [0.717, 1.165) is 29.3 Å². The highest BCUT2D eigenvalue weighted by Gasteiger charge is 2.21. The summed E-state index contributed by atoms with van der Waals surface area (Å²) in [6, 6.07) is 15.1. The second-order valence-corrected chi connectivity index (χ2v) is 8.07. The molecule has 4 rings (SSSR count). The monoisotopic (exact) mass is 437 g/mol. The maximum Gasteiger partial charge on any atom is 0.340 e. The van der Waals surface area contributed by atoms with Crippen LogP contribution in [0.15, 0.2) is 48.5 Å². The number of benzene rings is 2. The number of carbonyl (C=O) groups excluding carboxylic acids is 2. The maximum atomic E-state index is 13.0. The van der Waals surface area contributed by atoms with Crippen LogP contribution < -0.4 is 10.2 Å². The molecule has 2 heterocycles. The van der Waals surface area contributed by atoms with E-state index in [1.165, 1.54) is 18.4 Å². The number of anilines is 2. The molecule has 1 amide bonds. The third-order valence-electron chi connectivity index (χ3n) is 5.06. The molecule has 1 aliphatic heterocycles. The number of hydrogen-bond acceptors (Lipinski definition) is 7. The molecule has 1 N–H and O–H groups in total. The van der Waals surface area contributed by atoms with E-state index in [-0.39, 0.29) is 5.91 Å². The first-order valence-corrected chi connectivity index (χ1v) is 10.8. The Morgan fingerprint density at radius 1 is 1.13 bits per heavy atom. The van der Waals surface area contributed by atoms with Crippen molar-refractivity contribution < 1.29 is 19.1 Å². The maximum absolute atomic E-state index is 13.0. The van der Waals surface area contributed by atoms with Crippen LogP contribution in [0.25, 0.3) is 10.6 Å². The van der Waals surface area contributed by atoms with Gasteiger partial charge in [-0.1, -0.05) is 30.3 Å². The number of aryl methyl sites for hydroxylation is 1. The summed E-state index contributed by atoms with van der Waals surface area (Å²) in [4.78, 5) is 32.6. The lowest BCUT2D eigenvalue weighted by Gasteiger charge is -2.29. The number of hydrogen-bond donors (Lipinski definition) is 1. The van der Waals surface area contributed by atoms with E-state index in [1.54, 1.807) is 19.1 Å². The van der Waals surface area contributed by atoms with Gasteiger partial charge in [0.25, 0.3) is 5.91 Å². The third-order valence-corrected chi connectivity index (χ3v) is 6.26. The van der Waals surface area contributed by atoms with Crippen molar-refractivity contribution in [2.45, 2.75) is 6.92 Å². The molecule has 0 unspecified atom stereocenters. The number of aromatic nitrogens is 1. The zero-order valence-electron chi connectivity index (χ0n) is 17.4. The van der Waals surface area contributed by atoms with E-state index in [4.69, 9.17) is 9.47 Å². The van der Waals surface area contributed by atoms with Crippen molar-refractivity contribution >= 4 is 34.6 Å². The number of nitrogens with zero attached hydrogens (tertiary/aromatic N) is 2. The molecule has 0 atom stereocenters. The highest BCUT2D eigenvalue weighted by Crippen LogP contribution is 2.30. The van der Waals surface area contributed by atoms with Crippen LogP contribution >= 0.6 is 11.3 Å². The van der Waals surface area contributed by atoms with Crippen LogP contribution in [0.2, 0.25) is 0 Å². The lowest BCUT2D eigenvalue weighted by molar-refractivity contribution is 0.0602. The van der Waals surface area contributed by atoms with Crippen LogP contribution in [0.1, 0.15) is 25.7 Å². The number of methoxy groups -OCH3 is 1. The summed E-state index contributed by atoms with van der Waals surface area (Å²) < 4.78 is 10.3. The quantitative estimate of drug-likeness (QED) is 0.608. The minimum Gasteiger partial charge on any atom is -0.465 e. The normalized spacial score (nSPS) is 13.7. The van der Waals surface area contributed by atoms with E-state index in [2.05, 4.69) is 15.2 Å². The van der Waals surface area contributed by atoms with Gasteiger partial charge in [-0.3, -0.25) is 4.79 Å². The Hall–Kier alpha value is -3.23. The smallest absolute Gasteiger partial charge is 0.340 e. The zero-order chi connectivity index (χ0) is 21.8. The van der Waals surface area contributed by atoms with E-state index >= 15 is 0 Å². The van der Waals surface area contributed by atoms with Gasteiger partial charge in [0, 0.05) is 24.3 Å². The number of thiazole rings is 1. The molecular formula is C23H23N3O4S. The van der Waals surface area contributed by atoms with Crippen LogP contribution in [0.3, 0.4) is 0 Å². The number of esters is 1. The molecule has 1 saturated heterocycles. The Balaban J connectivity index is 1.60. The SMILES string of the molecule is COC(=O)c1cc(N2CCOCC2)ccc1NC(=O)c1sc(-c2ccccc2)nc1C. The molecule has 1 aromatic heterocycles. The molecule has 8 heteroatoms. The molecule has 0 radical (unpaired) electrons. The fourth-order valence-corrected chi connectivity index (χ4v) is 4.40. The summed E-state index contributed by atoms with van der Waals surface area (Å²) in [5.41, 5.74) is 3.21. The van der Waals surface area contributed by atoms with Crippen molar-refractivity contribution in [3.8, 4) is 10.6 Å². The van der Waals surface area contributed by atoms with Gasteiger partial charge in [-0.2, -0.15) is 0 Å². The number of nitrogens with one attached hydrogen (secondary N) is 1. The Labute approximate surface area is 184 Å². The summed E-state index contributed by atoms with van der Waals surface area (Å²) in [6.07, 6.45) is 0. The molecule has 31 heavy (non-hydrogen) atoms. The molecule has 0 bridgehead atoms. The van der Waals surface area contributed by atoms with Crippen molar-refractivity contribution in [3.63, 3.8) is 0 Å². The highest BCUT2D eigenvalue weighted by atomic mass is 32.1. The van der Waals surface area contributed by atoms with Crippen LogP contribution in [-0.4, -0.2) is 50.3 Å². The predicted molar refractivity (Wildman–Crippen MR) is 121 cm³/mol. The first-order valence-electron chi connectivity index (χ1n) is 9.96. The van der Waals surface area contributed by atoms with Gasteiger partial charge >= 0.3 is 5.97 Å². The summed E-state index contributed by atoms with van der Waals surface area (Å²) >= 11 is 1.32. The van der Waals surface area contributed by atoms with Gasteiger partial charge in [0.2, 0.25) is 0 Å². The van der Waals surface area contributed by atoms with Gasteiger partial charge < -0.3 is 19.7 Å². The van der Waals surface area contributed by atoms with Gasteiger partial charge in [-0.05, 0) is 25.1 Å². The van der Waals surface area contributed by atoms with Crippen molar-refractivity contribution in [2.75, 3.05) is 43.6 Å². The topological polar surface area (TPSA) is 80.8 Å². The van der Waals surface area contributed by atoms with Crippen molar-refractivity contribution in [3.05, 3.63) is 64.7 Å². The van der Waals surface area contributed by atoms with Gasteiger partial charge in [0.1, 0.15) is 9.88 Å². The summed E-state index contributed by atoms with van der Waals surface area (Å²) in [7, 11) is 1.33. The van der Waals surface area contributed by atoms with Crippen LogP contribution in [-0.2, 0) is 9.47 Å².